The third kappa shape index (κ3) is 5.14. The molecule has 0 radical (unpaired) electrons. The molecule has 2 amide bonds. The van der Waals surface area contributed by atoms with Crippen molar-refractivity contribution in [1.29, 1.82) is 0 Å². The van der Waals surface area contributed by atoms with E-state index in [0.29, 0.717) is 23.5 Å². The molecule has 1 aliphatic heterocycles. The average molecular weight is 358 g/mol. The highest BCUT2D eigenvalue weighted by Crippen LogP contribution is 2.14. The summed E-state index contributed by atoms with van der Waals surface area (Å²) in [4.78, 5) is 24.7. The number of rotatable bonds is 7. The Labute approximate surface area is 151 Å². The smallest absolute Gasteiger partial charge is 0.261 e. The van der Waals surface area contributed by atoms with Gasteiger partial charge in [0.15, 0.2) is 0 Å². The van der Waals surface area contributed by atoms with Crippen LogP contribution in [-0.4, -0.2) is 31.1 Å². The normalized spacial score (nSPS) is 16.6. The zero-order chi connectivity index (χ0) is 17.5. The molecule has 1 atom stereocenters. The standard InChI is InChI=1S/C19H22N2O3S/c22-18(20-10-9-16-3-1-11-24-16)15-7-5-14(6-8-15)13-21-19(23)17-4-2-12-25-17/h2,4-8,12,16H,1,3,9-11,13H2,(H,20,22)(H,21,23)/t16-/m1/s1. The lowest BCUT2D eigenvalue weighted by Crippen LogP contribution is -2.27. The third-order valence-corrected chi connectivity index (χ3v) is 5.06. The molecule has 5 nitrogen and oxygen atoms in total. The van der Waals surface area contributed by atoms with Crippen LogP contribution in [0.1, 0.15) is 44.9 Å². The number of carbonyl (C=O) groups is 2. The molecule has 0 unspecified atom stereocenters. The van der Waals surface area contributed by atoms with Gasteiger partial charge in [-0.05, 0) is 48.4 Å². The van der Waals surface area contributed by atoms with Crippen LogP contribution in [0.25, 0.3) is 0 Å². The molecule has 2 aromatic rings. The number of amides is 2. The molecule has 2 N–H and O–H groups in total. The lowest BCUT2D eigenvalue weighted by molar-refractivity contribution is 0.0905. The molecule has 25 heavy (non-hydrogen) atoms. The van der Waals surface area contributed by atoms with Crippen molar-refractivity contribution in [2.75, 3.05) is 13.2 Å². The molecule has 0 aliphatic carbocycles. The van der Waals surface area contributed by atoms with Crippen LogP contribution in [0, 0.1) is 0 Å². The fourth-order valence-corrected chi connectivity index (χ4v) is 3.41. The second-order valence-electron chi connectivity index (χ2n) is 6.04. The van der Waals surface area contributed by atoms with Gasteiger partial charge in [0.2, 0.25) is 0 Å². The zero-order valence-corrected chi connectivity index (χ0v) is 14.8. The van der Waals surface area contributed by atoms with Crippen molar-refractivity contribution in [3.63, 3.8) is 0 Å². The zero-order valence-electron chi connectivity index (χ0n) is 14.0. The first-order chi connectivity index (χ1) is 12.2. The summed E-state index contributed by atoms with van der Waals surface area (Å²) in [5, 5.41) is 7.68. The van der Waals surface area contributed by atoms with Crippen molar-refractivity contribution in [1.82, 2.24) is 10.6 Å². The molecule has 1 aromatic carbocycles. The second-order valence-corrected chi connectivity index (χ2v) is 6.98. The van der Waals surface area contributed by atoms with E-state index >= 15 is 0 Å². The van der Waals surface area contributed by atoms with Gasteiger partial charge < -0.3 is 15.4 Å². The van der Waals surface area contributed by atoms with Gasteiger partial charge in [0.05, 0.1) is 11.0 Å². The van der Waals surface area contributed by atoms with Gasteiger partial charge in [-0.25, -0.2) is 0 Å². The van der Waals surface area contributed by atoms with E-state index in [1.165, 1.54) is 11.3 Å². The van der Waals surface area contributed by atoms with Crippen LogP contribution in [0.15, 0.2) is 41.8 Å². The van der Waals surface area contributed by atoms with Gasteiger partial charge in [-0.1, -0.05) is 18.2 Å². The summed E-state index contributed by atoms with van der Waals surface area (Å²) in [6.07, 6.45) is 3.35. The highest BCUT2D eigenvalue weighted by molar-refractivity contribution is 7.12. The van der Waals surface area contributed by atoms with E-state index in [1.807, 2.05) is 23.6 Å². The summed E-state index contributed by atoms with van der Waals surface area (Å²) >= 11 is 1.42. The van der Waals surface area contributed by atoms with Crippen molar-refractivity contribution in [2.24, 2.45) is 0 Å². The molecule has 6 heteroatoms. The maximum atomic E-state index is 12.1. The fourth-order valence-electron chi connectivity index (χ4n) is 2.77. The maximum absolute atomic E-state index is 12.1. The minimum absolute atomic E-state index is 0.0767. The maximum Gasteiger partial charge on any atom is 0.261 e. The first-order valence-electron chi connectivity index (χ1n) is 8.53. The van der Waals surface area contributed by atoms with E-state index in [-0.39, 0.29) is 17.9 Å². The fraction of sp³-hybridized carbons (Fsp3) is 0.368. The highest BCUT2D eigenvalue weighted by atomic mass is 32.1. The topological polar surface area (TPSA) is 67.4 Å². The van der Waals surface area contributed by atoms with E-state index in [4.69, 9.17) is 4.74 Å². The van der Waals surface area contributed by atoms with Crippen LogP contribution >= 0.6 is 11.3 Å². The first kappa shape index (κ1) is 17.6. The molecule has 1 saturated heterocycles. The summed E-state index contributed by atoms with van der Waals surface area (Å²) in [6.45, 7) is 1.91. The Balaban J connectivity index is 1.43. The summed E-state index contributed by atoms with van der Waals surface area (Å²) in [7, 11) is 0. The van der Waals surface area contributed by atoms with Crippen molar-refractivity contribution in [3.8, 4) is 0 Å². The predicted octanol–water partition coefficient (Wildman–Crippen LogP) is 2.98. The monoisotopic (exact) mass is 358 g/mol. The molecule has 1 fully saturated rings. The SMILES string of the molecule is O=C(NCC[C@H]1CCCO1)c1ccc(CNC(=O)c2cccs2)cc1. The van der Waals surface area contributed by atoms with Gasteiger partial charge in [-0.15, -0.1) is 11.3 Å². The Morgan fingerprint density at radius 3 is 2.64 bits per heavy atom. The lowest BCUT2D eigenvalue weighted by Gasteiger charge is -2.10. The number of ether oxygens (including phenoxy) is 1. The Kier molecular flexibility index (Phi) is 6.19. The van der Waals surface area contributed by atoms with Crippen LogP contribution in [0.4, 0.5) is 0 Å². The van der Waals surface area contributed by atoms with Crippen molar-refractivity contribution < 1.29 is 14.3 Å². The number of carbonyl (C=O) groups excluding carboxylic acids is 2. The van der Waals surface area contributed by atoms with Crippen LogP contribution in [0.2, 0.25) is 0 Å². The quantitative estimate of drug-likeness (QED) is 0.800. The number of hydrogen-bond acceptors (Lipinski definition) is 4. The van der Waals surface area contributed by atoms with Gasteiger partial charge in [0.1, 0.15) is 0 Å². The van der Waals surface area contributed by atoms with Crippen LogP contribution in [0.5, 0.6) is 0 Å². The number of nitrogens with one attached hydrogen (secondary N) is 2. The highest BCUT2D eigenvalue weighted by Gasteiger charge is 2.15. The summed E-state index contributed by atoms with van der Waals surface area (Å²) in [6, 6.07) is 10.9. The van der Waals surface area contributed by atoms with Gasteiger partial charge in [0, 0.05) is 25.3 Å². The van der Waals surface area contributed by atoms with Crippen molar-refractivity contribution in [2.45, 2.75) is 31.9 Å². The predicted molar refractivity (Wildman–Crippen MR) is 97.9 cm³/mol. The second kappa shape index (κ2) is 8.78. The molecule has 1 aromatic heterocycles. The first-order valence-corrected chi connectivity index (χ1v) is 9.41. The number of hydrogen-bond donors (Lipinski definition) is 2. The van der Waals surface area contributed by atoms with E-state index < -0.39 is 0 Å². The molecule has 0 saturated carbocycles. The Bertz CT molecular complexity index is 692. The molecule has 3 rings (SSSR count). The largest absolute Gasteiger partial charge is 0.378 e. The van der Waals surface area contributed by atoms with E-state index in [1.54, 1.807) is 18.2 Å². The van der Waals surface area contributed by atoms with Gasteiger partial charge >= 0.3 is 0 Å². The minimum atomic E-state index is -0.0778. The number of benzene rings is 1. The molecule has 1 aliphatic rings. The number of thiophene rings is 1. The Hall–Kier alpha value is -2.18. The van der Waals surface area contributed by atoms with E-state index in [0.717, 1.165) is 31.4 Å². The Morgan fingerprint density at radius 1 is 1.12 bits per heavy atom. The van der Waals surface area contributed by atoms with Gasteiger partial charge in [-0.3, -0.25) is 9.59 Å². The molecule has 132 valence electrons. The lowest BCUT2D eigenvalue weighted by atomic mass is 10.1. The van der Waals surface area contributed by atoms with E-state index in [2.05, 4.69) is 10.6 Å². The van der Waals surface area contributed by atoms with Crippen LogP contribution in [0.3, 0.4) is 0 Å². The van der Waals surface area contributed by atoms with E-state index in [9.17, 15) is 9.59 Å². The summed E-state index contributed by atoms with van der Waals surface area (Å²) in [5.41, 5.74) is 1.58. The van der Waals surface area contributed by atoms with Gasteiger partial charge in [-0.2, -0.15) is 0 Å². The molecule has 2 heterocycles. The average Bonchev–Trinajstić information content (AvgIpc) is 3.34. The van der Waals surface area contributed by atoms with Crippen LogP contribution in [-0.2, 0) is 11.3 Å². The molecular formula is C19H22N2O3S. The summed E-state index contributed by atoms with van der Waals surface area (Å²) in [5.74, 6) is -0.155. The minimum Gasteiger partial charge on any atom is -0.378 e. The third-order valence-electron chi connectivity index (χ3n) is 4.19. The summed E-state index contributed by atoms with van der Waals surface area (Å²) < 4.78 is 5.54. The van der Waals surface area contributed by atoms with Crippen LogP contribution < -0.4 is 10.6 Å². The Morgan fingerprint density at radius 2 is 1.96 bits per heavy atom. The molecular weight excluding hydrogens is 336 g/mol. The van der Waals surface area contributed by atoms with Gasteiger partial charge in [0.25, 0.3) is 11.8 Å². The van der Waals surface area contributed by atoms with Crippen molar-refractivity contribution >= 4 is 23.2 Å². The molecule has 0 bridgehead atoms. The van der Waals surface area contributed by atoms with Crippen molar-refractivity contribution in [3.05, 3.63) is 57.8 Å². The molecule has 0 spiro atoms.